The standard InChI is InChI=1S/C11H12N5/c1-2-4-9-8(3-1)7-15-14-10-11(16(9)15)13-6-5-12-10/h5-7H,1-4H2,(H,12,14)/q+1. The molecule has 0 spiro atoms. The van der Waals surface area contributed by atoms with Crippen molar-refractivity contribution in [2.24, 2.45) is 0 Å². The van der Waals surface area contributed by atoms with Crippen molar-refractivity contribution in [2.75, 3.05) is 0 Å². The van der Waals surface area contributed by atoms with Crippen LogP contribution < -0.4 is 4.63 Å². The first-order valence-electron chi connectivity index (χ1n) is 5.67. The fourth-order valence-electron chi connectivity index (χ4n) is 2.61. The second-order valence-electron chi connectivity index (χ2n) is 4.30. The number of rotatable bonds is 0. The predicted octanol–water partition coefficient (Wildman–Crippen LogP) is 0.675. The van der Waals surface area contributed by atoms with Gasteiger partial charge in [0.15, 0.2) is 0 Å². The lowest BCUT2D eigenvalue weighted by atomic mass is 9.98. The summed E-state index contributed by atoms with van der Waals surface area (Å²) in [6.07, 6.45) is 10.5. The number of aromatic nitrogens is 5. The number of fused-ring (bicyclic) bond motifs is 5. The van der Waals surface area contributed by atoms with Crippen LogP contribution in [-0.4, -0.2) is 19.6 Å². The Labute approximate surface area is 91.7 Å². The van der Waals surface area contributed by atoms with Gasteiger partial charge >= 0.3 is 0 Å². The Kier molecular flexibility index (Phi) is 1.45. The van der Waals surface area contributed by atoms with E-state index in [1.165, 1.54) is 30.5 Å². The first-order chi connectivity index (χ1) is 7.93. The molecule has 0 aliphatic heterocycles. The first kappa shape index (κ1) is 8.27. The number of H-pyrrole nitrogens is 1. The van der Waals surface area contributed by atoms with Crippen molar-refractivity contribution in [3.8, 4) is 0 Å². The third kappa shape index (κ3) is 0.925. The molecule has 1 aliphatic rings. The third-order valence-corrected chi connectivity index (χ3v) is 3.33. The van der Waals surface area contributed by atoms with Gasteiger partial charge in [0, 0.05) is 22.6 Å². The molecule has 0 fully saturated rings. The number of nitrogens with zero attached hydrogens (tertiary/aromatic N) is 4. The highest BCUT2D eigenvalue weighted by molar-refractivity contribution is 5.63. The summed E-state index contributed by atoms with van der Waals surface area (Å²) in [6, 6.07) is 0. The maximum Gasteiger partial charge on any atom is 0.245 e. The average Bonchev–Trinajstić information content (AvgIpc) is 2.83. The molecule has 0 amide bonds. The Morgan fingerprint density at radius 1 is 1.19 bits per heavy atom. The smallest absolute Gasteiger partial charge is 0.229 e. The molecule has 0 saturated heterocycles. The van der Waals surface area contributed by atoms with Crippen LogP contribution in [0.1, 0.15) is 24.1 Å². The second-order valence-corrected chi connectivity index (χ2v) is 4.30. The summed E-state index contributed by atoms with van der Waals surface area (Å²) in [5.74, 6) is 0. The van der Waals surface area contributed by atoms with Gasteiger partial charge in [-0.25, -0.2) is 9.97 Å². The molecule has 3 heterocycles. The molecule has 0 radical (unpaired) electrons. The molecule has 0 aromatic carbocycles. The fourth-order valence-corrected chi connectivity index (χ4v) is 2.61. The Balaban J connectivity index is 2.18. The number of hydrogen-bond donors (Lipinski definition) is 1. The van der Waals surface area contributed by atoms with Crippen LogP contribution in [-0.2, 0) is 12.8 Å². The maximum absolute atomic E-state index is 4.40. The average molecular weight is 214 g/mol. The van der Waals surface area contributed by atoms with E-state index in [0.29, 0.717) is 0 Å². The van der Waals surface area contributed by atoms with Crippen LogP contribution in [0.15, 0.2) is 18.6 Å². The van der Waals surface area contributed by atoms with Crippen molar-refractivity contribution in [1.29, 1.82) is 0 Å². The molecule has 1 N–H and O–H groups in total. The summed E-state index contributed by atoms with van der Waals surface area (Å²) in [5.41, 5.74) is 4.59. The van der Waals surface area contributed by atoms with E-state index >= 15 is 0 Å². The molecule has 80 valence electrons. The van der Waals surface area contributed by atoms with Gasteiger partial charge in [-0.15, -0.1) is 5.10 Å². The molecule has 3 aromatic rings. The summed E-state index contributed by atoms with van der Waals surface area (Å²) in [4.78, 5) is 8.68. The SMILES string of the molecule is c1cnc2c(n1)[nH][n+]1cc3c(n21)CCCC3. The normalized spacial score (nSPS) is 15.8. The fraction of sp³-hybridized carbons (Fsp3) is 0.364. The molecule has 5 nitrogen and oxygen atoms in total. The van der Waals surface area contributed by atoms with Gasteiger partial charge < -0.3 is 0 Å². The van der Waals surface area contributed by atoms with Gasteiger partial charge in [-0.2, -0.15) is 0 Å². The zero-order valence-corrected chi connectivity index (χ0v) is 8.85. The number of aryl methyl sites for hydroxylation is 2. The maximum atomic E-state index is 4.40. The molecule has 0 bridgehead atoms. The van der Waals surface area contributed by atoms with Gasteiger partial charge in [0.25, 0.3) is 0 Å². The van der Waals surface area contributed by atoms with Gasteiger partial charge in [0.2, 0.25) is 17.5 Å². The van der Waals surface area contributed by atoms with Crippen LogP contribution in [0.4, 0.5) is 0 Å². The number of aromatic amines is 1. The van der Waals surface area contributed by atoms with Crippen molar-refractivity contribution in [1.82, 2.24) is 19.6 Å². The van der Waals surface area contributed by atoms with E-state index in [4.69, 9.17) is 0 Å². The summed E-state index contributed by atoms with van der Waals surface area (Å²) < 4.78 is 4.15. The molecule has 0 unspecified atom stereocenters. The Morgan fingerprint density at radius 2 is 2.06 bits per heavy atom. The number of nitrogens with one attached hydrogen (secondary N) is 1. The molecule has 5 heteroatoms. The van der Waals surface area contributed by atoms with Crippen LogP contribution in [0.3, 0.4) is 0 Å². The minimum Gasteiger partial charge on any atom is -0.229 e. The Morgan fingerprint density at radius 3 is 3.06 bits per heavy atom. The summed E-state index contributed by atoms with van der Waals surface area (Å²) >= 11 is 0. The third-order valence-electron chi connectivity index (χ3n) is 3.33. The van der Waals surface area contributed by atoms with E-state index in [1.54, 1.807) is 12.4 Å². The number of hydrogen-bond acceptors (Lipinski definition) is 2. The van der Waals surface area contributed by atoms with E-state index in [9.17, 15) is 0 Å². The van der Waals surface area contributed by atoms with Gasteiger partial charge in [0.1, 0.15) is 0 Å². The van der Waals surface area contributed by atoms with Crippen molar-refractivity contribution >= 4 is 11.3 Å². The highest BCUT2D eigenvalue weighted by Crippen LogP contribution is 2.20. The van der Waals surface area contributed by atoms with E-state index < -0.39 is 0 Å². The van der Waals surface area contributed by atoms with Crippen molar-refractivity contribution in [2.45, 2.75) is 25.7 Å². The van der Waals surface area contributed by atoms with E-state index in [2.05, 4.69) is 25.8 Å². The molecule has 0 saturated carbocycles. The van der Waals surface area contributed by atoms with Gasteiger partial charge in [-0.3, -0.25) is 0 Å². The van der Waals surface area contributed by atoms with Gasteiger partial charge in [-0.05, 0) is 25.7 Å². The highest BCUT2D eigenvalue weighted by Gasteiger charge is 2.24. The molecular weight excluding hydrogens is 202 g/mol. The zero-order chi connectivity index (χ0) is 10.5. The summed E-state index contributed by atoms with van der Waals surface area (Å²) in [7, 11) is 0. The lowest BCUT2D eigenvalue weighted by Crippen LogP contribution is -2.27. The largest absolute Gasteiger partial charge is 0.245 e. The van der Waals surface area contributed by atoms with Crippen molar-refractivity contribution in [3.05, 3.63) is 29.8 Å². The van der Waals surface area contributed by atoms with E-state index in [1.807, 2.05) is 4.63 Å². The molecule has 16 heavy (non-hydrogen) atoms. The Bertz CT molecular complexity index is 678. The lowest BCUT2D eigenvalue weighted by Gasteiger charge is -2.06. The minimum absolute atomic E-state index is 0.843. The van der Waals surface area contributed by atoms with Gasteiger partial charge in [0.05, 0.1) is 5.69 Å². The van der Waals surface area contributed by atoms with Gasteiger partial charge in [-0.1, -0.05) is 4.52 Å². The molecular formula is C11H12N5+. The zero-order valence-electron chi connectivity index (χ0n) is 8.85. The van der Waals surface area contributed by atoms with Crippen LogP contribution in [0.2, 0.25) is 0 Å². The van der Waals surface area contributed by atoms with E-state index in [0.717, 1.165) is 17.7 Å². The quantitative estimate of drug-likeness (QED) is 0.559. The van der Waals surface area contributed by atoms with Crippen molar-refractivity contribution in [3.63, 3.8) is 0 Å². The molecule has 0 atom stereocenters. The van der Waals surface area contributed by atoms with E-state index in [-0.39, 0.29) is 0 Å². The molecule has 4 rings (SSSR count). The highest BCUT2D eigenvalue weighted by atomic mass is 15.5. The topological polar surface area (TPSA) is 50.1 Å². The van der Waals surface area contributed by atoms with Crippen LogP contribution >= 0.6 is 0 Å². The second kappa shape index (κ2) is 2.81. The first-order valence-corrected chi connectivity index (χ1v) is 5.67. The minimum atomic E-state index is 0.843. The summed E-state index contributed by atoms with van der Waals surface area (Å²) in [6.45, 7) is 0. The predicted molar refractivity (Wildman–Crippen MR) is 57.1 cm³/mol. The van der Waals surface area contributed by atoms with Crippen molar-refractivity contribution < 1.29 is 4.63 Å². The molecule has 3 aromatic heterocycles. The van der Waals surface area contributed by atoms with Crippen LogP contribution in [0.5, 0.6) is 0 Å². The lowest BCUT2D eigenvalue weighted by molar-refractivity contribution is -0.670. The van der Waals surface area contributed by atoms with Crippen LogP contribution in [0.25, 0.3) is 11.3 Å². The molecule has 1 aliphatic carbocycles. The Hall–Kier alpha value is -1.91. The monoisotopic (exact) mass is 214 g/mol. The van der Waals surface area contributed by atoms with Crippen LogP contribution in [0, 0.1) is 0 Å². The summed E-state index contributed by atoms with van der Waals surface area (Å²) in [5, 5.41) is 3.24.